The normalized spacial score (nSPS) is 15.0. The van der Waals surface area contributed by atoms with Gasteiger partial charge in [-0.05, 0) is 11.3 Å². The van der Waals surface area contributed by atoms with Crippen molar-refractivity contribution in [2.75, 3.05) is 20.3 Å². The predicted octanol–water partition coefficient (Wildman–Crippen LogP) is 2.29. The van der Waals surface area contributed by atoms with Gasteiger partial charge in [-0.15, -0.1) is 0 Å². The van der Waals surface area contributed by atoms with Crippen molar-refractivity contribution in [3.63, 3.8) is 0 Å². The van der Waals surface area contributed by atoms with Crippen LogP contribution in [0.4, 0.5) is 0 Å². The Labute approximate surface area is 83.1 Å². The number of ether oxygens (including phenoxy) is 1. The molecule has 0 aliphatic rings. The van der Waals surface area contributed by atoms with Crippen LogP contribution in [0.25, 0.3) is 0 Å². The van der Waals surface area contributed by atoms with Gasteiger partial charge in [0.05, 0.1) is 0 Å². The van der Waals surface area contributed by atoms with Crippen LogP contribution in [-0.4, -0.2) is 26.3 Å². The molecule has 0 aliphatic heterocycles. The first-order valence-corrected chi connectivity index (χ1v) is 5.12. The van der Waals surface area contributed by atoms with E-state index >= 15 is 0 Å². The molecule has 0 saturated heterocycles. The zero-order chi connectivity index (χ0) is 10.5. The Morgan fingerprint density at radius 3 is 2.15 bits per heavy atom. The first kappa shape index (κ1) is 12.9. The summed E-state index contributed by atoms with van der Waals surface area (Å²) >= 11 is 0. The van der Waals surface area contributed by atoms with Crippen LogP contribution in [0, 0.1) is 11.3 Å². The van der Waals surface area contributed by atoms with Crippen molar-refractivity contribution in [2.24, 2.45) is 11.3 Å². The summed E-state index contributed by atoms with van der Waals surface area (Å²) in [6, 6.07) is 0.564. The molecule has 0 radical (unpaired) electrons. The van der Waals surface area contributed by atoms with E-state index in [1.54, 1.807) is 7.11 Å². The fraction of sp³-hybridized carbons (Fsp3) is 1.00. The molecule has 0 rings (SSSR count). The van der Waals surface area contributed by atoms with Crippen molar-refractivity contribution >= 4 is 0 Å². The van der Waals surface area contributed by atoms with Crippen LogP contribution < -0.4 is 5.32 Å². The van der Waals surface area contributed by atoms with Crippen LogP contribution >= 0.6 is 0 Å². The number of hydrogen-bond acceptors (Lipinski definition) is 2. The molecule has 13 heavy (non-hydrogen) atoms. The highest BCUT2D eigenvalue weighted by Gasteiger charge is 2.25. The standard InChI is InChI=1S/C11H25NO/c1-9(2)12-8-11(4,5)10(3)7-13-6/h9-10,12H,7-8H2,1-6H3. The second kappa shape index (κ2) is 5.61. The van der Waals surface area contributed by atoms with Gasteiger partial charge in [0.2, 0.25) is 0 Å². The van der Waals surface area contributed by atoms with Gasteiger partial charge < -0.3 is 10.1 Å². The minimum atomic E-state index is 0.306. The van der Waals surface area contributed by atoms with Crippen molar-refractivity contribution in [3.8, 4) is 0 Å². The second-order valence-electron chi connectivity index (χ2n) is 4.88. The van der Waals surface area contributed by atoms with E-state index in [2.05, 4.69) is 39.9 Å². The number of methoxy groups -OCH3 is 1. The van der Waals surface area contributed by atoms with Crippen LogP contribution in [0.15, 0.2) is 0 Å². The van der Waals surface area contributed by atoms with Crippen molar-refractivity contribution in [3.05, 3.63) is 0 Å². The molecule has 80 valence electrons. The van der Waals surface area contributed by atoms with Gasteiger partial charge in [0.15, 0.2) is 0 Å². The lowest BCUT2D eigenvalue weighted by atomic mass is 9.80. The molecule has 2 nitrogen and oxygen atoms in total. The van der Waals surface area contributed by atoms with Gasteiger partial charge in [0.25, 0.3) is 0 Å². The Bertz CT molecular complexity index is 132. The summed E-state index contributed by atoms with van der Waals surface area (Å²) in [5, 5.41) is 3.47. The molecule has 0 amide bonds. The summed E-state index contributed by atoms with van der Waals surface area (Å²) in [6.07, 6.45) is 0. The van der Waals surface area contributed by atoms with Crippen LogP contribution in [0.1, 0.15) is 34.6 Å². The zero-order valence-electron chi connectivity index (χ0n) is 9.98. The summed E-state index contributed by atoms with van der Waals surface area (Å²) in [7, 11) is 1.77. The maximum atomic E-state index is 5.17. The van der Waals surface area contributed by atoms with Crippen LogP contribution in [0.2, 0.25) is 0 Å². The van der Waals surface area contributed by atoms with Crippen molar-refractivity contribution in [1.29, 1.82) is 0 Å². The van der Waals surface area contributed by atoms with Gasteiger partial charge in [0.1, 0.15) is 0 Å². The van der Waals surface area contributed by atoms with E-state index in [-0.39, 0.29) is 0 Å². The highest BCUT2D eigenvalue weighted by molar-refractivity contribution is 4.78. The molecule has 0 heterocycles. The fourth-order valence-electron chi connectivity index (χ4n) is 1.12. The van der Waals surface area contributed by atoms with E-state index in [0.717, 1.165) is 13.2 Å². The molecule has 1 atom stereocenters. The molecule has 0 bridgehead atoms. The van der Waals surface area contributed by atoms with E-state index in [9.17, 15) is 0 Å². The molecule has 0 aromatic rings. The second-order valence-corrected chi connectivity index (χ2v) is 4.88. The van der Waals surface area contributed by atoms with Crippen LogP contribution in [0.3, 0.4) is 0 Å². The smallest absolute Gasteiger partial charge is 0.0493 e. The molecule has 0 saturated carbocycles. The van der Waals surface area contributed by atoms with Gasteiger partial charge in [-0.2, -0.15) is 0 Å². The third-order valence-electron chi connectivity index (χ3n) is 2.72. The summed E-state index contributed by atoms with van der Waals surface area (Å²) in [4.78, 5) is 0. The predicted molar refractivity (Wildman–Crippen MR) is 58.0 cm³/mol. The average Bonchev–Trinajstić information content (AvgIpc) is 2.01. The van der Waals surface area contributed by atoms with E-state index in [0.29, 0.717) is 17.4 Å². The Morgan fingerprint density at radius 2 is 1.77 bits per heavy atom. The van der Waals surface area contributed by atoms with Crippen LogP contribution in [0.5, 0.6) is 0 Å². The van der Waals surface area contributed by atoms with Gasteiger partial charge in [-0.25, -0.2) is 0 Å². The Hall–Kier alpha value is -0.0800. The van der Waals surface area contributed by atoms with Crippen LogP contribution in [-0.2, 0) is 4.74 Å². The topological polar surface area (TPSA) is 21.3 Å². The number of rotatable bonds is 6. The lowest BCUT2D eigenvalue weighted by Crippen LogP contribution is -2.39. The molecule has 0 fully saturated rings. The molecule has 0 aromatic carbocycles. The maximum Gasteiger partial charge on any atom is 0.0493 e. The fourth-order valence-corrected chi connectivity index (χ4v) is 1.12. The SMILES string of the molecule is COCC(C)C(C)(C)CNC(C)C. The Morgan fingerprint density at radius 1 is 1.23 bits per heavy atom. The molecular formula is C11H25NO. The molecule has 2 heteroatoms. The summed E-state index contributed by atoms with van der Waals surface area (Å²) in [5.41, 5.74) is 0.306. The van der Waals surface area contributed by atoms with Gasteiger partial charge in [-0.1, -0.05) is 34.6 Å². The minimum absolute atomic E-state index is 0.306. The largest absolute Gasteiger partial charge is 0.384 e. The summed E-state index contributed by atoms with van der Waals surface area (Å²) in [5.74, 6) is 0.587. The third kappa shape index (κ3) is 5.27. The van der Waals surface area contributed by atoms with E-state index in [4.69, 9.17) is 4.74 Å². The molecule has 0 aliphatic carbocycles. The van der Waals surface area contributed by atoms with Crippen molar-refractivity contribution in [1.82, 2.24) is 5.32 Å². The molecule has 0 aromatic heterocycles. The highest BCUT2D eigenvalue weighted by Crippen LogP contribution is 2.25. The first-order chi connectivity index (χ1) is 5.90. The van der Waals surface area contributed by atoms with Gasteiger partial charge in [-0.3, -0.25) is 0 Å². The number of nitrogens with one attached hydrogen (secondary N) is 1. The van der Waals surface area contributed by atoms with E-state index < -0.39 is 0 Å². The first-order valence-electron chi connectivity index (χ1n) is 5.12. The molecular weight excluding hydrogens is 162 g/mol. The quantitative estimate of drug-likeness (QED) is 0.689. The monoisotopic (exact) mass is 187 g/mol. The highest BCUT2D eigenvalue weighted by atomic mass is 16.5. The lowest BCUT2D eigenvalue weighted by Gasteiger charge is -2.32. The lowest BCUT2D eigenvalue weighted by molar-refractivity contribution is 0.0897. The molecule has 1 N–H and O–H groups in total. The van der Waals surface area contributed by atoms with Gasteiger partial charge >= 0.3 is 0 Å². The summed E-state index contributed by atoms with van der Waals surface area (Å²) < 4.78 is 5.17. The average molecular weight is 187 g/mol. The van der Waals surface area contributed by atoms with Crippen molar-refractivity contribution in [2.45, 2.75) is 40.7 Å². The minimum Gasteiger partial charge on any atom is -0.384 e. The van der Waals surface area contributed by atoms with E-state index in [1.807, 2.05) is 0 Å². The zero-order valence-corrected chi connectivity index (χ0v) is 9.98. The Balaban J connectivity index is 3.90. The van der Waals surface area contributed by atoms with Gasteiger partial charge in [0, 0.05) is 26.3 Å². The molecule has 1 unspecified atom stereocenters. The summed E-state index contributed by atoms with van der Waals surface area (Å²) in [6.45, 7) is 13.1. The van der Waals surface area contributed by atoms with E-state index in [1.165, 1.54) is 0 Å². The maximum absolute atomic E-state index is 5.17. The molecule has 0 spiro atoms. The Kier molecular flexibility index (Phi) is 5.57. The number of hydrogen-bond donors (Lipinski definition) is 1. The van der Waals surface area contributed by atoms with Crippen molar-refractivity contribution < 1.29 is 4.74 Å². The third-order valence-corrected chi connectivity index (χ3v) is 2.72.